The molecule has 1 aliphatic carbocycles. The average molecular weight is 455 g/mol. The Morgan fingerprint density at radius 2 is 1.97 bits per heavy atom. The number of ether oxygens (including phenoxy) is 2. The zero-order chi connectivity index (χ0) is 23.3. The summed E-state index contributed by atoms with van der Waals surface area (Å²) in [6.45, 7) is 8.17. The highest BCUT2D eigenvalue weighted by Crippen LogP contribution is 2.46. The van der Waals surface area contributed by atoms with Gasteiger partial charge in [-0.1, -0.05) is 12.1 Å². The maximum Gasteiger partial charge on any atom is 0.408 e. The summed E-state index contributed by atoms with van der Waals surface area (Å²) in [6.07, 6.45) is 4.74. The quantitative estimate of drug-likeness (QED) is 0.743. The van der Waals surface area contributed by atoms with E-state index in [0.717, 1.165) is 62.2 Å². The van der Waals surface area contributed by atoms with Crippen molar-refractivity contribution in [1.29, 1.82) is 0 Å². The van der Waals surface area contributed by atoms with E-state index < -0.39 is 5.60 Å². The maximum absolute atomic E-state index is 13.4. The summed E-state index contributed by atoms with van der Waals surface area (Å²) in [6, 6.07) is 8.06. The van der Waals surface area contributed by atoms with Crippen molar-refractivity contribution in [1.82, 2.24) is 10.2 Å². The summed E-state index contributed by atoms with van der Waals surface area (Å²) in [5, 5.41) is 3.08. The van der Waals surface area contributed by atoms with Crippen LogP contribution in [0.4, 0.5) is 15.3 Å². The number of anilines is 1. The lowest BCUT2D eigenvalue weighted by molar-refractivity contribution is -0.162. The predicted molar refractivity (Wildman–Crippen MR) is 126 cm³/mol. The molecule has 0 unspecified atom stereocenters. The Morgan fingerprint density at radius 3 is 2.67 bits per heavy atom. The molecule has 178 valence electrons. The van der Waals surface area contributed by atoms with E-state index in [2.05, 4.69) is 16.4 Å². The van der Waals surface area contributed by atoms with Crippen LogP contribution in [-0.2, 0) is 9.47 Å². The van der Waals surface area contributed by atoms with Gasteiger partial charge in [0.15, 0.2) is 0 Å². The first-order valence-corrected chi connectivity index (χ1v) is 12.1. The number of rotatable bonds is 4. The largest absolute Gasteiger partial charge is 0.444 e. The molecule has 33 heavy (non-hydrogen) atoms. The van der Waals surface area contributed by atoms with E-state index in [1.165, 1.54) is 0 Å². The van der Waals surface area contributed by atoms with Gasteiger partial charge in [-0.25, -0.2) is 9.59 Å². The van der Waals surface area contributed by atoms with Crippen molar-refractivity contribution in [3.8, 4) is 0 Å². The summed E-state index contributed by atoms with van der Waals surface area (Å²) >= 11 is 0. The van der Waals surface area contributed by atoms with Crippen LogP contribution in [0.2, 0.25) is 0 Å². The highest BCUT2D eigenvalue weighted by atomic mass is 16.6. The molecule has 1 saturated carbocycles. The van der Waals surface area contributed by atoms with Crippen LogP contribution < -0.4 is 10.2 Å². The third-order valence-corrected chi connectivity index (χ3v) is 7.28. The van der Waals surface area contributed by atoms with E-state index >= 15 is 0 Å². The van der Waals surface area contributed by atoms with Crippen molar-refractivity contribution in [2.75, 3.05) is 31.1 Å². The molecule has 0 spiro atoms. The molecule has 1 aromatic carbocycles. The lowest BCUT2D eigenvalue weighted by atomic mass is 9.70. The molecule has 8 heteroatoms. The SMILES string of the molecule is CC(C)(C)OC(=O)NC12CCC(CCN3C(=O)N4CCCN=C4c4ccccc43)(CC1)OC2. The minimum absolute atomic E-state index is 0.0103. The van der Waals surface area contributed by atoms with E-state index in [4.69, 9.17) is 9.47 Å². The number of aliphatic imine (C=N–C) groups is 1. The number of carbonyl (C=O) groups is 2. The highest BCUT2D eigenvalue weighted by molar-refractivity contribution is 6.19. The molecule has 0 aromatic heterocycles. The number of para-hydroxylation sites is 1. The molecule has 5 aliphatic rings. The number of benzene rings is 1. The van der Waals surface area contributed by atoms with Gasteiger partial charge < -0.3 is 14.8 Å². The van der Waals surface area contributed by atoms with Crippen LogP contribution in [0.1, 0.15) is 64.9 Å². The second-order valence-corrected chi connectivity index (χ2v) is 10.8. The summed E-state index contributed by atoms with van der Waals surface area (Å²) in [7, 11) is 0. The first-order chi connectivity index (χ1) is 15.7. The standard InChI is InChI=1S/C25H34N4O4/c1-23(2,3)33-21(30)27-24-9-11-25(12-10-24,32-17-24)13-16-28-19-8-5-4-7-18(19)20-26-14-6-15-29(20)22(28)31/h4-5,7-8H,6,9-17H2,1-3H3,(H,27,30). The monoisotopic (exact) mass is 454 g/mol. The smallest absolute Gasteiger partial charge is 0.408 e. The Bertz CT molecular complexity index is 958. The zero-order valence-electron chi connectivity index (χ0n) is 19.9. The van der Waals surface area contributed by atoms with Crippen LogP contribution >= 0.6 is 0 Å². The van der Waals surface area contributed by atoms with Gasteiger partial charge >= 0.3 is 12.1 Å². The van der Waals surface area contributed by atoms with Crippen LogP contribution in [0.15, 0.2) is 29.3 Å². The van der Waals surface area contributed by atoms with Crippen molar-refractivity contribution in [3.63, 3.8) is 0 Å². The normalized spacial score (nSPS) is 28.7. The molecule has 1 aromatic rings. The van der Waals surface area contributed by atoms with Gasteiger partial charge in [0.1, 0.15) is 11.4 Å². The minimum Gasteiger partial charge on any atom is -0.444 e. The molecule has 8 nitrogen and oxygen atoms in total. The number of alkyl carbamates (subject to hydrolysis) is 1. The number of hydrogen-bond acceptors (Lipinski definition) is 5. The van der Waals surface area contributed by atoms with Gasteiger partial charge in [-0.15, -0.1) is 0 Å². The fourth-order valence-corrected chi connectivity index (χ4v) is 5.47. The number of urea groups is 1. The van der Waals surface area contributed by atoms with Crippen molar-refractivity contribution in [2.45, 2.75) is 76.0 Å². The summed E-state index contributed by atoms with van der Waals surface area (Å²) in [5.74, 6) is 0.806. The Balaban J connectivity index is 1.26. The Kier molecular flexibility index (Phi) is 5.39. The topological polar surface area (TPSA) is 83.5 Å². The number of carbonyl (C=O) groups excluding carboxylic acids is 2. The lowest BCUT2D eigenvalue weighted by Gasteiger charge is -2.53. The predicted octanol–water partition coefficient (Wildman–Crippen LogP) is 4.08. The lowest BCUT2D eigenvalue weighted by Crippen LogP contribution is -2.64. The van der Waals surface area contributed by atoms with Gasteiger partial charge in [0.05, 0.1) is 23.4 Å². The van der Waals surface area contributed by atoms with E-state index in [1.54, 1.807) is 0 Å². The summed E-state index contributed by atoms with van der Waals surface area (Å²) < 4.78 is 11.8. The molecule has 3 fully saturated rings. The second-order valence-electron chi connectivity index (χ2n) is 10.8. The third-order valence-electron chi connectivity index (χ3n) is 7.28. The van der Waals surface area contributed by atoms with Crippen LogP contribution in [0.25, 0.3) is 0 Å². The first kappa shape index (κ1) is 22.2. The average Bonchev–Trinajstić information content (AvgIpc) is 2.79. The van der Waals surface area contributed by atoms with E-state index in [-0.39, 0.29) is 23.3 Å². The van der Waals surface area contributed by atoms with Crippen molar-refractivity contribution >= 4 is 23.6 Å². The van der Waals surface area contributed by atoms with Crippen LogP contribution in [-0.4, -0.2) is 65.8 Å². The number of nitrogens with one attached hydrogen (secondary N) is 1. The van der Waals surface area contributed by atoms with Gasteiger partial charge in [-0.3, -0.25) is 14.8 Å². The number of amidine groups is 1. The molecule has 0 atom stereocenters. The maximum atomic E-state index is 13.4. The minimum atomic E-state index is -0.523. The first-order valence-electron chi connectivity index (χ1n) is 12.1. The Morgan fingerprint density at radius 1 is 1.21 bits per heavy atom. The highest BCUT2D eigenvalue weighted by Gasteiger charge is 2.51. The molecular weight excluding hydrogens is 420 g/mol. The fourth-order valence-electron chi connectivity index (χ4n) is 5.47. The molecule has 1 N–H and O–H groups in total. The molecule has 4 aliphatic heterocycles. The summed E-state index contributed by atoms with van der Waals surface area (Å²) in [4.78, 5) is 34.1. The molecule has 3 amide bonds. The molecule has 0 radical (unpaired) electrons. The van der Waals surface area contributed by atoms with Crippen LogP contribution in [0.5, 0.6) is 0 Å². The number of nitrogens with zero attached hydrogens (tertiary/aromatic N) is 3. The third kappa shape index (κ3) is 4.21. The van der Waals surface area contributed by atoms with Gasteiger partial charge in [0.25, 0.3) is 0 Å². The van der Waals surface area contributed by atoms with E-state index in [0.29, 0.717) is 19.7 Å². The van der Waals surface area contributed by atoms with Gasteiger partial charge in [-0.05, 0) is 71.4 Å². The summed E-state index contributed by atoms with van der Waals surface area (Å²) in [5.41, 5.74) is 0.844. The van der Waals surface area contributed by atoms with Gasteiger partial charge in [-0.2, -0.15) is 0 Å². The van der Waals surface area contributed by atoms with Crippen LogP contribution in [0, 0.1) is 0 Å². The van der Waals surface area contributed by atoms with Gasteiger partial charge in [0, 0.05) is 25.2 Å². The fraction of sp³-hybridized carbons (Fsp3) is 0.640. The number of hydrogen-bond donors (Lipinski definition) is 1. The number of fused-ring (bicyclic) bond motifs is 6. The van der Waals surface area contributed by atoms with Gasteiger partial charge in [0.2, 0.25) is 0 Å². The molecule has 2 bridgehead atoms. The Labute approximate surface area is 195 Å². The molecule has 2 saturated heterocycles. The van der Waals surface area contributed by atoms with Crippen LogP contribution in [0.3, 0.4) is 0 Å². The molecule has 6 rings (SSSR count). The van der Waals surface area contributed by atoms with E-state index in [1.807, 2.05) is 48.8 Å². The molecule has 4 heterocycles. The Hall–Kier alpha value is -2.61. The van der Waals surface area contributed by atoms with Crippen molar-refractivity contribution in [3.05, 3.63) is 29.8 Å². The van der Waals surface area contributed by atoms with Crippen molar-refractivity contribution in [2.24, 2.45) is 4.99 Å². The molecular formula is C25H34N4O4. The van der Waals surface area contributed by atoms with E-state index in [9.17, 15) is 9.59 Å². The van der Waals surface area contributed by atoms with Crippen molar-refractivity contribution < 1.29 is 19.1 Å². The zero-order valence-corrected chi connectivity index (χ0v) is 19.9. The second kappa shape index (κ2) is 8.01. The number of amides is 3.